The van der Waals surface area contributed by atoms with Gasteiger partial charge in [-0.05, 0) is 11.4 Å². The number of rotatable bonds is 0. The van der Waals surface area contributed by atoms with Crippen molar-refractivity contribution >= 4 is 17.0 Å². The second-order valence-corrected chi connectivity index (χ2v) is 1.79. The van der Waals surface area contributed by atoms with E-state index in [1.165, 1.54) is 0 Å². The van der Waals surface area contributed by atoms with Gasteiger partial charge in [0.05, 0.1) is 5.69 Å². The molecule has 0 aliphatic carbocycles. The maximum Gasteiger partial charge on any atom is 0.0646 e. The molecule has 1 nitrogen and oxygen atoms in total. The minimum Gasteiger partial charge on any atom is -0.300 e. The largest absolute Gasteiger partial charge is 0.300 e. The molecule has 1 heterocycles. The molecule has 1 radical (unpaired) electrons. The Balaban J connectivity index is 3.05. The molecule has 1 rings (SSSR count). The van der Waals surface area contributed by atoms with Crippen LogP contribution in [0, 0.1) is 0 Å². The van der Waals surface area contributed by atoms with E-state index in [0.717, 1.165) is 0 Å². The average molecular weight is 98.1 g/mol. The van der Waals surface area contributed by atoms with Crippen molar-refractivity contribution in [1.82, 2.24) is 5.73 Å². The molecule has 0 bridgehead atoms. The quantitative estimate of drug-likeness (QED) is 0.471. The van der Waals surface area contributed by atoms with Crippen molar-refractivity contribution in [3.8, 4) is 0 Å². The topological polar surface area (TPSA) is 23.8 Å². The number of nitrogens with one attached hydrogen (secondary N) is 1. The lowest BCUT2D eigenvalue weighted by atomic mass is 10.6. The van der Waals surface area contributed by atoms with Crippen LogP contribution in [0.5, 0.6) is 0 Å². The van der Waals surface area contributed by atoms with Crippen LogP contribution >= 0.6 is 11.3 Å². The monoisotopic (exact) mass is 98.0 g/mol. The fraction of sp³-hybridized carbons (Fsp3) is 0. The van der Waals surface area contributed by atoms with E-state index < -0.39 is 0 Å². The fourth-order valence-corrected chi connectivity index (χ4v) is 0.793. The molecule has 0 spiro atoms. The summed E-state index contributed by atoms with van der Waals surface area (Å²) in [6.45, 7) is 0. The van der Waals surface area contributed by atoms with Crippen LogP contribution < -0.4 is 5.73 Å². The number of hydrogen-bond donors (Lipinski definition) is 0. The minimum absolute atomic E-state index is 0.611. The van der Waals surface area contributed by atoms with Gasteiger partial charge in [-0.25, -0.2) is 0 Å². The van der Waals surface area contributed by atoms with E-state index >= 15 is 0 Å². The van der Waals surface area contributed by atoms with Gasteiger partial charge in [0.2, 0.25) is 0 Å². The van der Waals surface area contributed by atoms with Crippen molar-refractivity contribution in [2.45, 2.75) is 0 Å². The van der Waals surface area contributed by atoms with Crippen molar-refractivity contribution < 1.29 is 0 Å². The lowest BCUT2D eigenvalue weighted by Gasteiger charge is -1.65. The first kappa shape index (κ1) is 3.68. The van der Waals surface area contributed by atoms with Crippen LogP contribution in [0.4, 0.5) is 5.69 Å². The molecule has 0 aliphatic rings. The summed E-state index contributed by atoms with van der Waals surface area (Å²) < 4.78 is 0. The summed E-state index contributed by atoms with van der Waals surface area (Å²) in [4.78, 5) is 0. The van der Waals surface area contributed by atoms with E-state index in [1.54, 1.807) is 22.8 Å². The Labute approximate surface area is 40.4 Å². The van der Waals surface area contributed by atoms with Crippen LogP contribution in [0.25, 0.3) is 0 Å². The molecular formula is C4H4NS. The smallest absolute Gasteiger partial charge is 0.0646 e. The summed E-state index contributed by atoms with van der Waals surface area (Å²) in [5.74, 6) is 0. The van der Waals surface area contributed by atoms with Gasteiger partial charge in [-0.2, -0.15) is 11.3 Å². The summed E-state index contributed by atoms with van der Waals surface area (Å²) in [7, 11) is 0. The second-order valence-electron chi connectivity index (χ2n) is 1.01. The van der Waals surface area contributed by atoms with Crippen LogP contribution in [-0.2, 0) is 0 Å². The van der Waals surface area contributed by atoms with Crippen LogP contribution in [0.3, 0.4) is 0 Å². The van der Waals surface area contributed by atoms with Crippen LogP contribution in [0.1, 0.15) is 0 Å². The van der Waals surface area contributed by atoms with Gasteiger partial charge in [0.25, 0.3) is 0 Å². The first-order chi connectivity index (χ1) is 2.89. The Morgan fingerprint density at radius 3 is 2.67 bits per heavy atom. The van der Waals surface area contributed by atoms with E-state index in [2.05, 4.69) is 0 Å². The van der Waals surface area contributed by atoms with E-state index in [9.17, 15) is 0 Å². The third-order valence-corrected chi connectivity index (χ3v) is 1.20. The van der Waals surface area contributed by atoms with Gasteiger partial charge in [-0.1, -0.05) is 0 Å². The predicted octanol–water partition coefficient (Wildman–Crippen LogP) is 1.66. The van der Waals surface area contributed by atoms with Crippen molar-refractivity contribution in [1.29, 1.82) is 0 Å². The fourth-order valence-electron chi connectivity index (χ4n) is 0.264. The molecule has 0 unspecified atom stereocenters. The third-order valence-electron chi connectivity index (χ3n) is 0.521. The van der Waals surface area contributed by atoms with Crippen LogP contribution in [-0.4, -0.2) is 0 Å². The standard InChI is InChI=1S/C4H4NS/c5-4-1-2-6-3-4/h1-3,5H. The Morgan fingerprint density at radius 2 is 2.50 bits per heavy atom. The van der Waals surface area contributed by atoms with Gasteiger partial charge < -0.3 is 5.73 Å². The van der Waals surface area contributed by atoms with Crippen LogP contribution in [0.15, 0.2) is 16.8 Å². The molecule has 6 heavy (non-hydrogen) atoms. The van der Waals surface area contributed by atoms with Crippen molar-refractivity contribution in [3.05, 3.63) is 16.8 Å². The zero-order chi connectivity index (χ0) is 4.41. The van der Waals surface area contributed by atoms with E-state index in [1.807, 2.05) is 5.38 Å². The zero-order valence-corrected chi connectivity index (χ0v) is 3.96. The molecule has 1 aromatic heterocycles. The minimum atomic E-state index is 0.611. The van der Waals surface area contributed by atoms with Gasteiger partial charge in [-0.3, -0.25) is 0 Å². The predicted molar refractivity (Wildman–Crippen MR) is 27.1 cm³/mol. The molecule has 0 fully saturated rings. The van der Waals surface area contributed by atoms with E-state index in [0.29, 0.717) is 5.69 Å². The molecule has 31 valence electrons. The van der Waals surface area contributed by atoms with Gasteiger partial charge in [0.1, 0.15) is 0 Å². The maximum atomic E-state index is 6.89. The first-order valence-corrected chi connectivity index (χ1v) is 2.57. The highest BCUT2D eigenvalue weighted by molar-refractivity contribution is 7.08. The van der Waals surface area contributed by atoms with Crippen LogP contribution in [0.2, 0.25) is 0 Å². The summed E-state index contributed by atoms with van der Waals surface area (Å²) in [6.07, 6.45) is 0. The molecule has 0 saturated heterocycles. The van der Waals surface area contributed by atoms with Gasteiger partial charge in [0, 0.05) is 5.38 Å². The van der Waals surface area contributed by atoms with Crippen molar-refractivity contribution in [2.24, 2.45) is 0 Å². The van der Waals surface area contributed by atoms with Crippen molar-refractivity contribution in [3.63, 3.8) is 0 Å². The molecule has 1 aromatic rings. The molecule has 0 atom stereocenters. The first-order valence-electron chi connectivity index (χ1n) is 1.63. The Morgan fingerprint density at radius 1 is 1.67 bits per heavy atom. The highest BCUT2D eigenvalue weighted by Gasteiger charge is 1.76. The van der Waals surface area contributed by atoms with E-state index in [4.69, 9.17) is 5.73 Å². The molecular weight excluding hydrogens is 94.1 g/mol. The molecule has 0 aliphatic heterocycles. The van der Waals surface area contributed by atoms with Gasteiger partial charge in [-0.15, -0.1) is 0 Å². The second kappa shape index (κ2) is 1.30. The molecule has 2 heteroatoms. The molecule has 0 amide bonds. The summed E-state index contributed by atoms with van der Waals surface area (Å²) in [5, 5.41) is 3.68. The average Bonchev–Trinajstić information content (AvgIpc) is 1.86. The zero-order valence-electron chi connectivity index (χ0n) is 3.14. The molecule has 0 saturated carbocycles. The van der Waals surface area contributed by atoms with Gasteiger partial charge >= 0.3 is 0 Å². The van der Waals surface area contributed by atoms with Gasteiger partial charge in [0.15, 0.2) is 0 Å². The Kier molecular flexibility index (Phi) is 0.801. The highest BCUT2D eigenvalue weighted by atomic mass is 32.1. The summed E-state index contributed by atoms with van der Waals surface area (Å²) in [6, 6.07) is 1.77. The third kappa shape index (κ3) is 0.518. The maximum absolute atomic E-state index is 6.89. The highest BCUT2D eigenvalue weighted by Crippen LogP contribution is 2.07. The van der Waals surface area contributed by atoms with E-state index in [-0.39, 0.29) is 0 Å². The summed E-state index contributed by atoms with van der Waals surface area (Å²) >= 11 is 1.55. The number of hydrogen-bond acceptors (Lipinski definition) is 1. The lowest BCUT2D eigenvalue weighted by Crippen LogP contribution is -1.49. The molecule has 0 aromatic carbocycles. The Bertz CT molecular complexity index is 111. The Hall–Kier alpha value is -0.500. The lowest BCUT2D eigenvalue weighted by molar-refractivity contribution is 1.54. The number of thiophene rings is 1. The molecule has 1 N–H and O–H groups in total. The summed E-state index contributed by atoms with van der Waals surface area (Å²) in [5.41, 5.74) is 7.50. The van der Waals surface area contributed by atoms with Crippen molar-refractivity contribution in [2.75, 3.05) is 0 Å². The normalized spacial score (nSPS) is 8.67. The SMILES string of the molecule is [NH]c1ccsc1.